The first kappa shape index (κ1) is 13.6. The lowest BCUT2D eigenvalue weighted by molar-refractivity contribution is 0.414. The van der Waals surface area contributed by atoms with Crippen LogP contribution in [0, 0.1) is 0 Å². The van der Waals surface area contributed by atoms with Gasteiger partial charge < -0.3 is 10.5 Å². The van der Waals surface area contributed by atoms with Gasteiger partial charge in [0.1, 0.15) is 5.75 Å². The molecule has 0 radical (unpaired) electrons. The smallest absolute Gasteiger partial charge is 0.119 e. The maximum Gasteiger partial charge on any atom is 0.119 e. The predicted molar refractivity (Wildman–Crippen MR) is 76.2 cm³/mol. The molecule has 1 aromatic heterocycles. The summed E-state index contributed by atoms with van der Waals surface area (Å²) in [5.41, 5.74) is 8.64. The number of aryl methyl sites for hydroxylation is 2. The number of aromatic nitrogens is 2. The van der Waals surface area contributed by atoms with Gasteiger partial charge in [-0.1, -0.05) is 12.1 Å². The monoisotopic (exact) mass is 259 g/mol. The molecule has 1 aromatic carbocycles. The van der Waals surface area contributed by atoms with Crippen molar-refractivity contribution in [2.75, 3.05) is 7.11 Å². The molecule has 1 unspecified atom stereocenters. The van der Waals surface area contributed by atoms with Gasteiger partial charge in [-0.2, -0.15) is 5.10 Å². The van der Waals surface area contributed by atoms with Crippen molar-refractivity contribution in [1.82, 2.24) is 9.78 Å². The van der Waals surface area contributed by atoms with Crippen LogP contribution in [-0.2, 0) is 19.9 Å². The van der Waals surface area contributed by atoms with Crippen molar-refractivity contribution < 1.29 is 4.74 Å². The van der Waals surface area contributed by atoms with Crippen molar-refractivity contribution in [3.05, 3.63) is 47.8 Å². The van der Waals surface area contributed by atoms with Gasteiger partial charge >= 0.3 is 0 Å². The molecular formula is C15H21N3O. The van der Waals surface area contributed by atoms with Gasteiger partial charge in [0.05, 0.1) is 7.11 Å². The summed E-state index contributed by atoms with van der Waals surface area (Å²) in [6.07, 6.45) is 4.61. The minimum atomic E-state index is 0.155. The van der Waals surface area contributed by atoms with Crippen LogP contribution in [0.5, 0.6) is 5.75 Å². The number of nitrogens with two attached hydrogens (primary N) is 1. The Kier molecular flexibility index (Phi) is 4.58. The van der Waals surface area contributed by atoms with E-state index in [1.807, 2.05) is 42.2 Å². The van der Waals surface area contributed by atoms with Crippen LogP contribution in [0.25, 0.3) is 0 Å². The van der Waals surface area contributed by atoms with Crippen LogP contribution in [-0.4, -0.2) is 22.9 Å². The minimum absolute atomic E-state index is 0.155. The maximum atomic E-state index is 6.19. The number of nitrogens with zero attached hydrogens (tertiary/aromatic N) is 2. The van der Waals surface area contributed by atoms with E-state index in [0.717, 1.165) is 25.0 Å². The van der Waals surface area contributed by atoms with Crippen LogP contribution in [0.15, 0.2) is 36.5 Å². The first-order chi connectivity index (χ1) is 9.19. The van der Waals surface area contributed by atoms with Crippen molar-refractivity contribution in [2.24, 2.45) is 12.8 Å². The lowest BCUT2D eigenvalue weighted by Crippen LogP contribution is -2.23. The Hall–Kier alpha value is -1.81. The van der Waals surface area contributed by atoms with E-state index in [2.05, 4.69) is 11.2 Å². The van der Waals surface area contributed by atoms with E-state index in [4.69, 9.17) is 10.5 Å². The quantitative estimate of drug-likeness (QED) is 0.862. The highest BCUT2D eigenvalue weighted by molar-refractivity contribution is 5.28. The molecule has 4 nitrogen and oxygen atoms in total. The summed E-state index contributed by atoms with van der Waals surface area (Å²) in [6.45, 7) is 0. The lowest BCUT2D eigenvalue weighted by Gasteiger charge is -2.12. The molecule has 102 valence electrons. The van der Waals surface area contributed by atoms with E-state index < -0.39 is 0 Å². The van der Waals surface area contributed by atoms with Gasteiger partial charge in [0.2, 0.25) is 0 Å². The van der Waals surface area contributed by atoms with E-state index in [0.29, 0.717) is 0 Å². The molecule has 0 aliphatic rings. The zero-order chi connectivity index (χ0) is 13.7. The van der Waals surface area contributed by atoms with Gasteiger partial charge in [-0.3, -0.25) is 4.68 Å². The van der Waals surface area contributed by atoms with Gasteiger partial charge in [0, 0.05) is 25.0 Å². The Labute approximate surface area is 114 Å². The van der Waals surface area contributed by atoms with Gasteiger partial charge in [-0.05, 0) is 43.0 Å². The van der Waals surface area contributed by atoms with E-state index in [-0.39, 0.29) is 6.04 Å². The molecule has 0 spiro atoms. The summed E-state index contributed by atoms with van der Waals surface area (Å²) in [6, 6.07) is 10.3. The third-order valence-electron chi connectivity index (χ3n) is 3.33. The lowest BCUT2D eigenvalue weighted by atomic mass is 10.0. The molecule has 4 heteroatoms. The van der Waals surface area contributed by atoms with Crippen molar-refractivity contribution in [3.8, 4) is 5.75 Å². The Morgan fingerprint density at radius 1 is 1.37 bits per heavy atom. The average molecular weight is 259 g/mol. The second-order valence-corrected chi connectivity index (χ2v) is 4.80. The van der Waals surface area contributed by atoms with Gasteiger partial charge in [-0.25, -0.2) is 0 Å². The summed E-state index contributed by atoms with van der Waals surface area (Å²) in [5.74, 6) is 0.885. The molecule has 2 N–H and O–H groups in total. The van der Waals surface area contributed by atoms with E-state index in [9.17, 15) is 0 Å². The molecule has 0 saturated carbocycles. The predicted octanol–water partition coefficient (Wildman–Crippen LogP) is 1.93. The molecule has 0 fully saturated rings. The first-order valence-corrected chi connectivity index (χ1v) is 6.54. The third-order valence-corrected chi connectivity index (χ3v) is 3.33. The second-order valence-electron chi connectivity index (χ2n) is 4.80. The van der Waals surface area contributed by atoms with Crippen LogP contribution >= 0.6 is 0 Å². The zero-order valence-corrected chi connectivity index (χ0v) is 11.5. The maximum absolute atomic E-state index is 6.19. The van der Waals surface area contributed by atoms with E-state index >= 15 is 0 Å². The van der Waals surface area contributed by atoms with Crippen molar-refractivity contribution in [1.29, 1.82) is 0 Å². The van der Waals surface area contributed by atoms with E-state index in [1.54, 1.807) is 7.11 Å². The van der Waals surface area contributed by atoms with Gasteiger partial charge in [0.25, 0.3) is 0 Å². The fraction of sp³-hybridized carbons (Fsp3) is 0.400. The fourth-order valence-electron chi connectivity index (χ4n) is 2.18. The Balaban J connectivity index is 1.87. The second kappa shape index (κ2) is 6.38. The van der Waals surface area contributed by atoms with Crippen LogP contribution in [0.4, 0.5) is 0 Å². The highest BCUT2D eigenvalue weighted by atomic mass is 16.5. The standard InChI is InChI=1S/C15H21N3O/c1-18-14(8-9-17-18)7-6-13(16)10-12-4-3-5-15(11-12)19-2/h3-5,8-9,11,13H,6-7,10,16H2,1-2H3. The average Bonchev–Trinajstić information content (AvgIpc) is 2.82. The summed E-state index contributed by atoms with van der Waals surface area (Å²) < 4.78 is 7.12. The van der Waals surface area contributed by atoms with Crippen molar-refractivity contribution in [3.63, 3.8) is 0 Å². The van der Waals surface area contributed by atoms with Crippen LogP contribution in [0.1, 0.15) is 17.7 Å². The molecule has 2 rings (SSSR count). The van der Waals surface area contributed by atoms with Gasteiger partial charge in [0.15, 0.2) is 0 Å². The SMILES string of the molecule is COc1cccc(CC(N)CCc2ccnn2C)c1. The number of hydrogen-bond donors (Lipinski definition) is 1. The molecule has 0 amide bonds. The summed E-state index contributed by atoms with van der Waals surface area (Å²) in [5, 5.41) is 4.16. The largest absolute Gasteiger partial charge is 0.497 e. The minimum Gasteiger partial charge on any atom is -0.497 e. The van der Waals surface area contributed by atoms with Crippen LogP contribution < -0.4 is 10.5 Å². The fourth-order valence-corrected chi connectivity index (χ4v) is 2.18. The highest BCUT2D eigenvalue weighted by Gasteiger charge is 2.07. The number of rotatable bonds is 6. The number of benzene rings is 1. The molecule has 0 saturated heterocycles. The normalized spacial score (nSPS) is 12.4. The number of methoxy groups -OCH3 is 1. The Bertz CT molecular complexity index is 522. The van der Waals surface area contributed by atoms with E-state index in [1.165, 1.54) is 11.3 Å². The highest BCUT2D eigenvalue weighted by Crippen LogP contribution is 2.15. The molecule has 1 atom stereocenters. The molecule has 2 aromatic rings. The van der Waals surface area contributed by atoms with Crippen molar-refractivity contribution in [2.45, 2.75) is 25.3 Å². The van der Waals surface area contributed by atoms with Gasteiger partial charge in [-0.15, -0.1) is 0 Å². The zero-order valence-electron chi connectivity index (χ0n) is 11.5. The first-order valence-electron chi connectivity index (χ1n) is 6.54. The number of ether oxygens (including phenoxy) is 1. The molecular weight excluding hydrogens is 238 g/mol. The molecule has 19 heavy (non-hydrogen) atoms. The van der Waals surface area contributed by atoms with Crippen LogP contribution in [0.3, 0.4) is 0 Å². The van der Waals surface area contributed by atoms with Crippen molar-refractivity contribution >= 4 is 0 Å². The molecule has 1 heterocycles. The summed E-state index contributed by atoms with van der Waals surface area (Å²) in [7, 11) is 3.64. The Morgan fingerprint density at radius 3 is 2.89 bits per heavy atom. The Morgan fingerprint density at radius 2 is 2.21 bits per heavy atom. The summed E-state index contributed by atoms with van der Waals surface area (Å²) >= 11 is 0. The molecule has 0 bridgehead atoms. The summed E-state index contributed by atoms with van der Waals surface area (Å²) in [4.78, 5) is 0. The third kappa shape index (κ3) is 3.83. The molecule has 0 aliphatic heterocycles. The number of hydrogen-bond acceptors (Lipinski definition) is 3. The topological polar surface area (TPSA) is 53.1 Å². The van der Waals surface area contributed by atoms with Crippen LogP contribution in [0.2, 0.25) is 0 Å². The molecule has 0 aliphatic carbocycles.